The van der Waals surface area contributed by atoms with Gasteiger partial charge in [-0.05, 0) is 31.5 Å². The SMILES string of the molecule is CNCC(=O)c1cc(Br)ccc1SC. The number of carbonyl (C=O) groups excluding carboxylic acids is 1. The van der Waals surface area contributed by atoms with Crippen molar-refractivity contribution in [3.05, 3.63) is 28.2 Å². The van der Waals surface area contributed by atoms with Crippen molar-refractivity contribution in [1.82, 2.24) is 5.32 Å². The lowest BCUT2D eigenvalue weighted by Gasteiger charge is -2.06. The first-order valence-electron chi connectivity index (χ1n) is 4.20. The van der Waals surface area contributed by atoms with Crippen molar-refractivity contribution in [2.75, 3.05) is 19.8 Å². The van der Waals surface area contributed by atoms with E-state index in [0.717, 1.165) is 14.9 Å². The van der Waals surface area contributed by atoms with Gasteiger partial charge in [0.25, 0.3) is 0 Å². The van der Waals surface area contributed by atoms with Crippen LogP contribution in [0.1, 0.15) is 10.4 Å². The molecule has 0 bridgehead atoms. The van der Waals surface area contributed by atoms with Crippen LogP contribution in [0.4, 0.5) is 0 Å². The molecule has 0 radical (unpaired) electrons. The van der Waals surface area contributed by atoms with Crippen LogP contribution in [-0.4, -0.2) is 25.6 Å². The summed E-state index contributed by atoms with van der Waals surface area (Å²) in [5.41, 5.74) is 0.779. The maximum absolute atomic E-state index is 11.7. The zero-order valence-corrected chi connectivity index (χ0v) is 10.5. The van der Waals surface area contributed by atoms with E-state index in [1.165, 1.54) is 0 Å². The van der Waals surface area contributed by atoms with Crippen molar-refractivity contribution in [3.63, 3.8) is 0 Å². The van der Waals surface area contributed by atoms with E-state index >= 15 is 0 Å². The molecule has 0 spiro atoms. The Labute approximate surface area is 96.6 Å². The fraction of sp³-hybridized carbons (Fsp3) is 0.300. The van der Waals surface area contributed by atoms with Crippen molar-refractivity contribution >= 4 is 33.5 Å². The summed E-state index contributed by atoms with van der Waals surface area (Å²) < 4.78 is 0.940. The Hall–Kier alpha value is -0.320. The summed E-state index contributed by atoms with van der Waals surface area (Å²) in [6.45, 7) is 0.379. The van der Waals surface area contributed by atoms with Crippen LogP contribution in [0.15, 0.2) is 27.6 Å². The molecule has 0 aliphatic carbocycles. The van der Waals surface area contributed by atoms with Crippen molar-refractivity contribution in [2.45, 2.75) is 4.90 Å². The fourth-order valence-electron chi connectivity index (χ4n) is 1.15. The molecule has 0 saturated carbocycles. The molecule has 1 rings (SSSR count). The number of hydrogen-bond acceptors (Lipinski definition) is 3. The number of Topliss-reactive ketones (excluding diaryl/α,β-unsaturated/α-hetero) is 1. The zero-order valence-electron chi connectivity index (χ0n) is 8.13. The molecule has 1 N–H and O–H groups in total. The summed E-state index contributed by atoms with van der Waals surface area (Å²) >= 11 is 4.95. The summed E-state index contributed by atoms with van der Waals surface area (Å²) in [6, 6.07) is 5.77. The third kappa shape index (κ3) is 2.83. The van der Waals surface area contributed by atoms with Gasteiger partial charge in [-0.15, -0.1) is 11.8 Å². The molecule has 4 heteroatoms. The molecule has 0 amide bonds. The van der Waals surface area contributed by atoms with Gasteiger partial charge in [-0.3, -0.25) is 4.79 Å². The number of likely N-dealkylation sites (N-methyl/N-ethyl adjacent to an activating group) is 1. The predicted molar refractivity (Wildman–Crippen MR) is 64.2 cm³/mol. The lowest BCUT2D eigenvalue weighted by molar-refractivity contribution is 0.0991. The summed E-state index contributed by atoms with van der Waals surface area (Å²) in [6.07, 6.45) is 1.97. The monoisotopic (exact) mass is 273 g/mol. The molecular weight excluding hydrogens is 262 g/mol. The van der Waals surface area contributed by atoms with Crippen LogP contribution in [0, 0.1) is 0 Å². The summed E-state index contributed by atoms with van der Waals surface area (Å²) in [4.78, 5) is 12.7. The van der Waals surface area contributed by atoms with E-state index in [4.69, 9.17) is 0 Å². The Morgan fingerprint density at radius 3 is 2.86 bits per heavy atom. The summed E-state index contributed by atoms with van der Waals surface area (Å²) in [5, 5.41) is 2.86. The highest BCUT2D eigenvalue weighted by Crippen LogP contribution is 2.24. The molecule has 1 aromatic rings. The molecule has 0 unspecified atom stereocenters. The first-order chi connectivity index (χ1) is 6.69. The van der Waals surface area contributed by atoms with Crippen LogP contribution in [0.2, 0.25) is 0 Å². The second-order valence-electron chi connectivity index (χ2n) is 2.80. The van der Waals surface area contributed by atoms with Gasteiger partial charge < -0.3 is 5.32 Å². The second kappa shape index (κ2) is 5.53. The smallest absolute Gasteiger partial charge is 0.177 e. The van der Waals surface area contributed by atoms with Gasteiger partial charge >= 0.3 is 0 Å². The van der Waals surface area contributed by atoms with Gasteiger partial charge in [0.2, 0.25) is 0 Å². The van der Waals surface area contributed by atoms with E-state index in [1.807, 2.05) is 24.5 Å². The lowest BCUT2D eigenvalue weighted by Crippen LogP contribution is -2.19. The van der Waals surface area contributed by atoms with E-state index < -0.39 is 0 Å². The highest BCUT2D eigenvalue weighted by Gasteiger charge is 2.10. The molecule has 0 fully saturated rings. The Balaban J connectivity index is 3.03. The Morgan fingerprint density at radius 2 is 2.29 bits per heavy atom. The molecule has 0 heterocycles. The Morgan fingerprint density at radius 1 is 1.57 bits per heavy atom. The van der Waals surface area contributed by atoms with Gasteiger partial charge in [-0.25, -0.2) is 0 Å². The van der Waals surface area contributed by atoms with Crippen LogP contribution < -0.4 is 5.32 Å². The molecule has 2 nitrogen and oxygen atoms in total. The molecule has 0 aliphatic heterocycles. The zero-order chi connectivity index (χ0) is 10.6. The molecule has 0 aromatic heterocycles. The second-order valence-corrected chi connectivity index (χ2v) is 4.56. The van der Waals surface area contributed by atoms with E-state index in [9.17, 15) is 4.79 Å². The summed E-state index contributed by atoms with van der Waals surface area (Å²) in [5.74, 6) is 0.123. The maximum atomic E-state index is 11.7. The largest absolute Gasteiger partial charge is 0.313 e. The van der Waals surface area contributed by atoms with E-state index in [-0.39, 0.29) is 5.78 Å². The van der Waals surface area contributed by atoms with Crippen LogP contribution >= 0.6 is 27.7 Å². The van der Waals surface area contributed by atoms with Gasteiger partial charge in [0, 0.05) is 14.9 Å². The average Bonchev–Trinajstić information content (AvgIpc) is 2.18. The van der Waals surface area contributed by atoms with Gasteiger partial charge in [-0.1, -0.05) is 15.9 Å². The number of hydrogen-bond donors (Lipinski definition) is 1. The van der Waals surface area contributed by atoms with E-state index in [2.05, 4.69) is 21.2 Å². The number of rotatable bonds is 4. The molecule has 0 aliphatic rings. The van der Waals surface area contributed by atoms with Gasteiger partial charge in [0.1, 0.15) is 0 Å². The number of halogens is 1. The van der Waals surface area contributed by atoms with Crippen molar-refractivity contribution in [1.29, 1.82) is 0 Å². The highest BCUT2D eigenvalue weighted by atomic mass is 79.9. The number of carbonyl (C=O) groups is 1. The Kier molecular flexibility index (Phi) is 4.65. The third-order valence-corrected chi connectivity index (χ3v) is 3.09. The number of nitrogens with one attached hydrogen (secondary N) is 1. The van der Waals surface area contributed by atoms with Crippen LogP contribution in [0.5, 0.6) is 0 Å². The lowest BCUT2D eigenvalue weighted by atomic mass is 10.1. The standard InChI is InChI=1S/C10H12BrNOS/c1-12-6-9(13)8-5-7(11)3-4-10(8)14-2/h3-5,12H,6H2,1-2H3. The van der Waals surface area contributed by atoms with Gasteiger partial charge in [0.15, 0.2) is 5.78 Å². The van der Waals surface area contributed by atoms with Crippen LogP contribution in [0.3, 0.4) is 0 Å². The van der Waals surface area contributed by atoms with Crippen LogP contribution in [-0.2, 0) is 0 Å². The van der Waals surface area contributed by atoms with E-state index in [1.54, 1.807) is 18.8 Å². The third-order valence-electron chi connectivity index (χ3n) is 1.80. The average molecular weight is 274 g/mol. The summed E-state index contributed by atoms with van der Waals surface area (Å²) in [7, 11) is 1.77. The van der Waals surface area contributed by atoms with Crippen molar-refractivity contribution < 1.29 is 4.79 Å². The van der Waals surface area contributed by atoms with Crippen molar-refractivity contribution in [3.8, 4) is 0 Å². The quantitative estimate of drug-likeness (QED) is 0.676. The minimum Gasteiger partial charge on any atom is -0.313 e. The Bertz CT molecular complexity index is 341. The highest BCUT2D eigenvalue weighted by molar-refractivity contribution is 9.10. The molecule has 0 saturated heterocycles. The minimum absolute atomic E-state index is 0.123. The van der Waals surface area contributed by atoms with Gasteiger partial charge in [-0.2, -0.15) is 0 Å². The number of ketones is 1. The minimum atomic E-state index is 0.123. The van der Waals surface area contributed by atoms with Gasteiger partial charge in [0.05, 0.1) is 6.54 Å². The first kappa shape index (κ1) is 11.8. The normalized spacial score (nSPS) is 10.2. The predicted octanol–water partition coefficient (Wildman–Crippen LogP) is 2.57. The fourth-order valence-corrected chi connectivity index (χ4v) is 2.11. The van der Waals surface area contributed by atoms with E-state index in [0.29, 0.717) is 6.54 Å². The maximum Gasteiger partial charge on any atom is 0.177 e. The molecule has 14 heavy (non-hydrogen) atoms. The van der Waals surface area contributed by atoms with Crippen LogP contribution in [0.25, 0.3) is 0 Å². The molecular formula is C10H12BrNOS. The topological polar surface area (TPSA) is 29.1 Å². The van der Waals surface area contributed by atoms with Crippen molar-refractivity contribution in [2.24, 2.45) is 0 Å². The first-order valence-corrected chi connectivity index (χ1v) is 6.22. The number of benzene rings is 1. The molecule has 1 aromatic carbocycles. The molecule has 76 valence electrons. The number of thioether (sulfide) groups is 1. The molecule has 0 atom stereocenters.